The van der Waals surface area contributed by atoms with Gasteiger partial charge in [0.15, 0.2) is 11.6 Å². The molecule has 2 aromatic rings. The van der Waals surface area contributed by atoms with Crippen LogP contribution in [0.1, 0.15) is 31.8 Å². The summed E-state index contributed by atoms with van der Waals surface area (Å²) in [5.41, 5.74) is 3.35. The van der Waals surface area contributed by atoms with E-state index in [1.807, 2.05) is 38.1 Å². The number of hydrogen-bond donors (Lipinski definition) is 0. The third-order valence-electron chi connectivity index (χ3n) is 3.50. The minimum absolute atomic E-state index is 0.169. The Labute approximate surface area is 137 Å². The predicted octanol–water partition coefficient (Wildman–Crippen LogP) is 3.81. The molecule has 2 aromatic carbocycles. The fourth-order valence-electron chi connectivity index (χ4n) is 2.20. The maximum atomic E-state index is 12.8. The lowest BCUT2D eigenvalue weighted by Crippen LogP contribution is -2.17. The van der Waals surface area contributed by atoms with Crippen LogP contribution in [-0.4, -0.2) is 30.6 Å². The first kappa shape index (κ1) is 16.7. The number of benzene rings is 2. The summed E-state index contributed by atoms with van der Waals surface area (Å²) < 4.78 is 0. The SMILES string of the molecule is Cc1ccc(C(=O)C(=CN(C)C)C(=O)c2ccc(C)cc2)cc1. The van der Waals surface area contributed by atoms with Crippen LogP contribution in [-0.2, 0) is 0 Å². The average molecular weight is 307 g/mol. The molecule has 3 heteroatoms. The van der Waals surface area contributed by atoms with Crippen LogP contribution in [0.4, 0.5) is 0 Å². The fourth-order valence-corrected chi connectivity index (χ4v) is 2.20. The van der Waals surface area contributed by atoms with E-state index in [-0.39, 0.29) is 17.1 Å². The lowest BCUT2D eigenvalue weighted by Gasteiger charge is -2.11. The molecular formula is C20H21NO2. The molecule has 0 aliphatic carbocycles. The molecule has 2 rings (SSSR count). The molecule has 0 radical (unpaired) electrons. The molecular weight excluding hydrogens is 286 g/mol. The van der Waals surface area contributed by atoms with Crippen LogP contribution in [0.3, 0.4) is 0 Å². The van der Waals surface area contributed by atoms with Gasteiger partial charge in [0, 0.05) is 31.4 Å². The number of carbonyl (C=O) groups is 2. The second-order valence-electron chi connectivity index (χ2n) is 5.90. The van der Waals surface area contributed by atoms with E-state index < -0.39 is 0 Å². The average Bonchev–Trinajstić information content (AvgIpc) is 2.52. The van der Waals surface area contributed by atoms with Crippen molar-refractivity contribution >= 4 is 11.6 Å². The normalized spacial score (nSPS) is 10.1. The molecule has 0 bridgehead atoms. The fraction of sp³-hybridized carbons (Fsp3) is 0.200. The van der Waals surface area contributed by atoms with Gasteiger partial charge in [0.2, 0.25) is 0 Å². The summed E-state index contributed by atoms with van der Waals surface area (Å²) in [5, 5.41) is 0. The molecule has 0 heterocycles. The highest BCUT2D eigenvalue weighted by Gasteiger charge is 2.21. The highest BCUT2D eigenvalue weighted by molar-refractivity contribution is 6.30. The monoisotopic (exact) mass is 307 g/mol. The zero-order chi connectivity index (χ0) is 17.0. The second kappa shape index (κ2) is 7.05. The zero-order valence-corrected chi connectivity index (χ0v) is 14.0. The minimum Gasteiger partial charge on any atom is -0.383 e. The van der Waals surface area contributed by atoms with Crippen molar-refractivity contribution in [1.82, 2.24) is 4.90 Å². The summed E-state index contributed by atoms with van der Waals surface area (Å²) in [5.74, 6) is -0.520. The number of ketones is 2. The van der Waals surface area contributed by atoms with Crippen LogP contribution in [0.15, 0.2) is 60.3 Å². The van der Waals surface area contributed by atoms with Crippen LogP contribution < -0.4 is 0 Å². The first-order valence-electron chi connectivity index (χ1n) is 7.49. The standard InChI is InChI=1S/C20H21NO2/c1-14-5-9-16(10-6-14)19(22)18(13-21(3)4)20(23)17-11-7-15(2)8-12-17/h5-13H,1-4H3. The van der Waals surface area contributed by atoms with Crippen molar-refractivity contribution in [2.75, 3.05) is 14.1 Å². The highest BCUT2D eigenvalue weighted by Crippen LogP contribution is 2.16. The molecule has 0 N–H and O–H groups in total. The molecule has 0 aliphatic rings. The number of carbonyl (C=O) groups excluding carboxylic acids is 2. The van der Waals surface area contributed by atoms with Gasteiger partial charge in [-0.3, -0.25) is 9.59 Å². The maximum absolute atomic E-state index is 12.8. The lowest BCUT2D eigenvalue weighted by molar-refractivity contribution is 0.0960. The Kier molecular flexibility index (Phi) is 5.12. The van der Waals surface area contributed by atoms with E-state index in [1.54, 1.807) is 49.5 Å². The molecule has 0 atom stereocenters. The molecule has 0 saturated carbocycles. The first-order chi connectivity index (χ1) is 10.9. The maximum Gasteiger partial charge on any atom is 0.198 e. The van der Waals surface area contributed by atoms with Crippen molar-refractivity contribution in [2.24, 2.45) is 0 Å². The number of nitrogens with zero attached hydrogens (tertiary/aromatic N) is 1. The molecule has 0 amide bonds. The minimum atomic E-state index is -0.260. The molecule has 0 fully saturated rings. The number of Topliss-reactive ketones (excluding diaryl/α,β-unsaturated/α-hetero) is 2. The van der Waals surface area contributed by atoms with Gasteiger partial charge >= 0.3 is 0 Å². The van der Waals surface area contributed by atoms with Crippen molar-refractivity contribution in [3.8, 4) is 0 Å². The summed E-state index contributed by atoms with van der Waals surface area (Å²) in [6, 6.07) is 14.5. The van der Waals surface area contributed by atoms with E-state index in [0.717, 1.165) is 11.1 Å². The Hall–Kier alpha value is -2.68. The zero-order valence-electron chi connectivity index (χ0n) is 14.0. The van der Waals surface area contributed by atoms with Gasteiger partial charge < -0.3 is 4.90 Å². The van der Waals surface area contributed by atoms with Crippen molar-refractivity contribution in [1.29, 1.82) is 0 Å². The third-order valence-corrected chi connectivity index (χ3v) is 3.50. The van der Waals surface area contributed by atoms with Crippen LogP contribution in [0.5, 0.6) is 0 Å². The quantitative estimate of drug-likeness (QED) is 0.365. The van der Waals surface area contributed by atoms with Gasteiger partial charge in [0.25, 0.3) is 0 Å². The van der Waals surface area contributed by atoms with E-state index in [0.29, 0.717) is 11.1 Å². The van der Waals surface area contributed by atoms with Gasteiger partial charge in [-0.2, -0.15) is 0 Å². The lowest BCUT2D eigenvalue weighted by atomic mass is 9.95. The van der Waals surface area contributed by atoms with Crippen molar-refractivity contribution in [3.63, 3.8) is 0 Å². The molecule has 0 saturated heterocycles. The van der Waals surface area contributed by atoms with Crippen LogP contribution in [0.25, 0.3) is 0 Å². The molecule has 23 heavy (non-hydrogen) atoms. The van der Waals surface area contributed by atoms with Crippen LogP contribution in [0, 0.1) is 13.8 Å². The number of allylic oxidation sites excluding steroid dienone is 1. The number of aryl methyl sites for hydroxylation is 2. The Morgan fingerprint density at radius 2 is 1.09 bits per heavy atom. The van der Waals surface area contributed by atoms with Crippen molar-refractivity contribution in [3.05, 3.63) is 82.6 Å². The Morgan fingerprint density at radius 1 is 0.739 bits per heavy atom. The Morgan fingerprint density at radius 3 is 1.39 bits per heavy atom. The molecule has 3 nitrogen and oxygen atoms in total. The molecule has 118 valence electrons. The van der Waals surface area contributed by atoms with Gasteiger partial charge in [-0.05, 0) is 13.8 Å². The van der Waals surface area contributed by atoms with Gasteiger partial charge in [0.1, 0.15) is 0 Å². The van der Waals surface area contributed by atoms with E-state index in [4.69, 9.17) is 0 Å². The molecule has 0 aromatic heterocycles. The Bertz CT molecular complexity index is 679. The predicted molar refractivity (Wildman–Crippen MR) is 92.8 cm³/mol. The molecule has 0 aliphatic heterocycles. The highest BCUT2D eigenvalue weighted by atomic mass is 16.1. The summed E-state index contributed by atoms with van der Waals surface area (Å²) in [6.45, 7) is 3.92. The van der Waals surface area contributed by atoms with Crippen molar-refractivity contribution < 1.29 is 9.59 Å². The van der Waals surface area contributed by atoms with Gasteiger partial charge in [-0.15, -0.1) is 0 Å². The third kappa shape index (κ3) is 4.16. The largest absolute Gasteiger partial charge is 0.383 e. The van der Waals surface area contributed by atoms with Crippen LogP contribution >= 0.6 is 0 Å². The first-order valence-corrected chi connectivity index (χ1v) is 7.49. The smallest absolute Gasteiger partial charge is 0.198 e. The summed E-state index contributed by atoms with van der Waals surface area (Å²) >= 11 is 0. The van der Waals surface area contributed by atoms with Crippen molar-refractivity contribution in [2.45, 2.75) is 13.8 Å². The van der Waals surface area contributed by atoms with E-state index in [9.17, 15) is 9.59 Å². The number of hydrogen-bond acceptors (Lipinski definition) is 3. The molecule has 0 unspecified atom stereocenters. The van der Waals surface area contributed by atoms with E-state index in [2.05, 4.69) is 0 Å². The van der Waals surface area contributed by atoms with E-state index >= 15 is 0 Å². The Balaban J connectivity index is 2.41. The summed E-state index contributed by atoms with van der Waals surface area (Å²) in [6.07, 6.45) is 1.59. The van der Waals surface area contributed by atoms with Gasteiger partial charge in [-0.25, -0.2) is 0 Å². The van der Waals surface area contributed by atoms with Gasteiger partial charge in [0.05, 0.1) is 5.57 Å². The second-order valence-corrected chi connectivity index (χ2v) is 5.90. The summed E-state index contributed by atoms with van der Waals surface area (Å²) in [7, 11) is 3.59. The van der Waals surface area contributed by atoms with Crippen LogP contribution in [0.2, 0.25) is 0 Å². The molecule has 0 spiro atoms. The number of rotatable bonds is 5. The van der Waals surface area contributed by atoms with Gasteiger partial charge in [-0.1, -0.05) is 59.7 Å². The van der Waals surface area contributed by atoms with E-state index in [1.165, 1.54) is 0 Å². The summed E-state index contributed by atoms with van der Waals surface area (Å²) in [4.78, 5) is 27.2. The topological polar surface area (TPSA) is 37.4 Å².